The lowest BCUT2D eigenvalue weighted by molar-refractivity contribution is -0.120. The van der Waals surface area contributed by atoms with Gasteiger partial charge < -0.3 is 5.32 Å². The van der Waals surface area contributed by atoms with Gasteiger partial charge in [0.25, 0.3) is 0 Å². The van der Waals surface area contributed by atoms with Crippen molar-refractivity contribution in [3.05, 3.63) is 0 Å². The van der Waals surface area contributed by atoms with Gasteiger partial charge in [-0.15, -0.1) is 0 Å². The van der Waals surface area contributed by atoms with Crippen molar-refractivity contribution in [3.63, 3.8) is 0 Å². The molecule has 2 aliphatic heterocycles. The molecule has 3 unspecified atom stereocenters. The van der Waals surface area contributed by atoms with E-state index in [4.69, 9.17) is 0 Å². The van der Waals surface area contributed by atoms with Crippen molar-refractivity contribution in [3.8, 4) is 0 Å². The molecular weight excluding hydrogens is 140 g/mol. The molecular formula is C8H14N2O. The molecule has 0 aromatic carbocycles. The summed E-state index contributed by atoms with van der Waals surface area (Å²) in [6, 6.07) is 0.689. The summed E-state index contributed by atoms with van der Waals surface area (Å²) in [6.45, 7) is 4.90. The number of hydrogen-bond donors (Lipinski definition) is 1. The molecule has 11 heavy (non-hydrogen) atoms. The zero-order valence-electron chi connectivity index (χ0n) is 6.84. The molecule has 2 saturated heterocycles. The van der Waals surface area contributed by atoms with Gasteiger partial charge in [-0.1, -0.05) is 0 Å². The first kappa shape index (κ1) is 7.25. The van der Waals surface area contributed by atoms with Gasteiger partial charge in [0.15, 0.2) is 0 Å². The Morgan fingerprint density at radius 2 is 2.36 bits per heavy atom. The summed E-state index contributed by atoms with van der Waals surface area (Å²) in [6.07, 6.45) is 1.21. The monoisotopic (exact) mass is 154 g/mol. The van der Waals surface area contributed by atoms with Crippen molar-refractivity contribution in [1.29, 1.82) is 0 Å². The topological polar surface area (TPSA) is 32.3 Å². The molecule has 0 aromatic heterocycles. The van der Waals surface area contributed by atoms with Gasteiger partial charge in [-0.3, -0.25) is 9.69 Å². The average Bonchev–Trinajstić information content (AvgIpc) is 2.30. The molecule has 0 amide bonds. The number of piperazine rings is 1. The number of hydrogen-bond acceptors (Lipinski definition) is 3. The number of carbonyl (C=O) groups is 1. The van der Waals surface area contributed by atoms with Gasteiger partial charge in [0.1, 0.15) is 5.78 Å². The van der Waals surface area contributed by atoms with Crippen LogP contribution in [0.15, 0.2) is 0 Å². The summed E-state index contributed by atoms with van der Waals surface area (Å²) in [5.41, 5.74) is 0. The van der Waals surface area contributed by atoms with Crippen molar-refractivity contribution < 1.29 is 4.79 Å². The predicted octanol–water partition coefficient (Wildman–Crippen LogP) is -0.378. The van der Waals surface area contributed by atoms with E-state index in [9.17, 15) is 4.79 Å². The largest absolute Gasteiger partial charge is 0.302 e. The smallest absolute Gasteiger partial charge is 0.147 e. The lowest BCUT2D eigenvalue weighted by Gasteiger charge is -2.29. The van der Waals surface area contributed by atoms with Crippen molar-refractivity contribution in [1.82, 2.24) is 10.2 Å². The first-order valence-corrected chi connectivity index (χ1v) is 4.24. The van der Waals surface area contributed by atoms with Gasteiger partial charge in [0.05, 0.1) is 6.04 Å². The van der Waals surface area contributed by atoms with Crippen molar-refractivity contribution in [2.24, 2.45) is 0 Å². The summed E-state index contributed by atoms with van der Waals surface area (Å²) in [4.78, 5) is 13.4. The lowest BCUT2D eigenvalue weighted by atomic mass is 10.1. The molecule has 0 spiro atoms. The van der Waals surface area contributed by atoms with Crippen LogP contribution in [-0.2, 0) is 4.79 Å². The number of fused-ring (bicyclic) bond motifs is 2. The third-order valence-electron chi connectivity index (χ3n) is 2.64. The quantitative estimate of drug-likeness (QED) is 0.559. The molecule has 2 aliphatic rings. The Labute approximate surface area is 66.8 Å². The fourth-order valence-electron chi connectivity index (χ4n) is 1.98. The molecule has 3 nitrogen and oxygen atoms in total. The molecule has 0 aromatic rings. The molecule has 0 aliphatic carbocycles. The van der Waals surface area contributed by atoms with Gasteiger partial charge in [0, 0.05) is 19.1 Å². The maximum absolute atomic E-state index is 11.0. The second kappa shape index (κ2) is 2.57. The van der Waals surface area contributed by atoms with Crippen molar-refractivity contribution >= 4 is 5.78 Å². The highest BCUT2D eigenvalue weighted by Gasteiger charge is 2.33. The van der Waals surface area contributed by atoms with E-state index in [0.29, 0.717) is 6.04 Å². The number of Topliss-reactive ketones (excluding diaryl/α,β-unsaturated/α-hetero) is 1. The van der Waals surface area contributed by atoms with E-state index in [-0.39, 0.29) is 11.8 Å². The van der Waals surface area contributed by atoms with Crippen LogP contribution in [0.25, 0.3) is 0 Å². The van der Waals surface area contributed by atoms with E-state index < -0.39 is 0 Å². The molecule has 3 atom stereocenters. The normalized spacial score (nSPS) is 42.5. The Morgan fingerprint density at radius 1 is 1.55 bits per heavy atom. The molecule has 2 rings (SSSR count). The number of nitrogens with one attached hydrogen (secondary N) is 1. The highest BCUT2D eigenvalue weighted by atomic mass is 16.1. The SMILES string of the molecule is CC(=O)C1CN2CCC(C2)N1. The summed E-state index contributed by atoms with van der Waals surface area (Å²) in [7, 11) is 0. The number of nitrogens with zero attached hydrogens (tertiary/aromatic N) is 1. The van der Waals surface area contributed by atoms with Gasteiger partial charge in [-0.25, -0.2) is 0 Å². The molecule has 0 radical (unpaired) electrons. The van der Waals surface area contributed by atoms with Crippen LogP contribution in [-0.4, -0.2) is 42.4 Å². The van der Waals surface area contributed by atoms with E-state index in [1.165, 1.54) is 13.0 Å². The minimum absolute atomic E-state index is 0.108. The van der Waals surface area contributed by atoms with Crippen LogP contribution in [0.5, 0.6) is 0 Å². The molecule has 2 fully saturated rings. The highest BCUT2D eigenvalue weighted by Crippen LogP contribution is 2.15. The van der Waals surface area contributed by atoms with Crippen LogP contribution in [0.2, 0.25) is 0 Å². The summed E-state index contributed by atoms with van der Waals surface area (Å²) in [5.74, 6) is 0.279. The van der Waals surface area contributed by atoms with Crippen LogP contribution >= 0.6 is 0 Å². The van der Waals surface area contributed by atoms with Crippen LogP contribution < -0.4 is 5.32 Å². The van der Waals surface area contributed by atoms with Crippen molar-refractivity contribution in [2.75, 3.05) is 19.6 Å². The van der Waals surface area contributed by atoms with E-state index >= 15 is 0 Å². The Kier molecular flexibility index (Phi) is 1.69. The van der Waals surface area contributed by atoms with Gasteiger partial charge in [-0.05, 0) is 19.9 Å². The Morgan fingerprint density at radius 3 is 3.00 bits per heavy atom. The molecule has 0 saturated carbocycles. The van der Waals surface area contributed by atoms with Gasteiger partial charge in [0.2, 0.25) is 0 Å². The minimum Gasteiger partial charge on any atom is -0.302 e. The molecule has 62 valence electrons. The van der Waals surface area contributed by atoms with Crippen LogP contribution in [0, 0.1) is 0 Å². The lowest BCUT2D eigenvalue weighted by Crippen LogP contribution is -2.53. The third-order valence-corrected chi connectivity index (χ3v) is 2.64. The predicted molar refractivity (Wildman–Crippen MR) is 42.4 cm³/mol. The Balaban J connectivity index is 2.02. The van der Waals surface area contributed by atoms with Crippen LogP contribution in [0.4, 0.5) is 0 Å². The van der Waals surface area contributed by atoms with E-state index in [1.807, 2.05) is 0 Å². The maximum Gasteiger partial charge on any atom is 0.147 e. The Hall–Kier alpha value is -0.410. The van der Waals surface area contributed by atoms with E-state index in [1.54, 1.807) is 6.92 Å². The molecule has 2 heterocycles. The first-order chi connectivity index (χ1) is 5.25. The van der Waals surface area contributed by atoms with E-state index in [2.05, 4.69) is 10.2 Å². The number of ketones is 1. The van der Waals surface area contributed by atoms with Crippen LogP contribution in [0.1, 0.15) is 13.3 Å². The Bertz CT molecular complexity index is 169. The standard InChI is InChI=1S/C8H14N2O/c1-6(11)8-5-10-3-2-7(4-10)9-8/h7-9H,2-5H2,1H3. The van der Waals surface area contributed by atoms with Gasteiger partial charge in [-0.2, -0.15) is 0 Å². The molecule has 3 heteroatoms. The zero-order chi connectivity index (χ0) is 7.84. The fourth-order valence-corrected chi connectivity index (χ4v) is 1.98. The summed E-state index contributed by atoms with van der Waals surface area (Å²) in [5, 5.41) is 3.35. The fraction of sp³-hybridized carbons (Fsp3) is 0.875. The van der Waals surface area contributed by atoms with Gasteiger partial charge >= 0.3 is 0 Å². The first-order valence-electron chi connectivity index (χ1n) is 4.24. The maximum atomic E-state index is 11.0. The number of carbonyl (C=O) groups excluding carboxylic acids is 1. The third kappa shape index (κ3) is 1.30. The highest BCUT2D eigenvalue weighted by molar-refractivity contribution is 5.81. The second-order valence-corrected chi connectivity index (χ2v) is 3.58. The summed E-state index contributed by atoms with van der Waals surface area (Å²) >= 11 is 0. The van der Waals surface area contributed by atoms with Crippen molar-refractivity contribution in [2.45, 2.75) is 25.4 Å². The average molecular weight is 154 g/mol. The summed E-state index contributed by atoms with van der Waals surface area (Å²) < 4.78 is 0. The van der Waals surface area contributed by atoms with Crippen LogP contribution in [0.3, 0.4) is 0 Å². The minimum atomic E-state index is 0.108. The number of rotatable bonds is 1. The molecule has 1 N–H and O–H groups in total. The van der Waals surface area contributed by atoms with E-state index in [0.717, 1.165) is 13.1 Å². The molecule has 2 bridgehead atoms. The zero-order valence-corrected chi connectivity index (χ0v) is 6.84. The second-order valence-electron chi connectivity index (χ2n) is 3.58.